The molecular weight excluding hydrogens is 402 g/mol. The van der Waals surface area contributed by atoms with Crippen molar-refractivity contribution >= 4 is 21.9 Å². The van der Waals surface area contributed by atoms with Gasteiger partial charge in [-0.1, -0.05) is 13.8 Å². The van der Waals surface area contributed by atoms with Crippen LogP contribution in [0.3, 0.4) is 0 Å². The largest absolute Gasteiger partial charge is 0.347 e. The summed E-state index contributed by atoms with van der Waals surface area (Å²) in [4.78, 5) is 16.4. The summed E-state index contributed by atoms with van der Waals surface area (Å²) in [7, 11) is -0.465. The minimum Gasteiger partial charge on any atom is -0.347 e. The maximum atomic E-state index is 14.0. The predicted octanol–water partition coefficient (Wildman–Crippen LogP) is 1.85. The highest BCUT2D eigenvalue weighted by atomic mass is 32.2. The Bertz CT molecular complexity index is 966. The van der Waals surface area contributed by atoms with Crippen LogP contribution in [0.25, 0.3) is 0 Å². The molecule has 2 aromatic rings. The molecule has 158 valence electrons. The topological polar surface area (TPSA) is 82.5 Å². The van der Waals surface area contributed by atoms with Crippen LogP contribution in [0.4, 0.5) is 20.7 Å². The van der Waals surface area contributed by atoms with Crippen molar-refractivity contribution in [1.29, 1.82) is 0 Å². The van der Waals surface area contributed by atoms with Crippen molar-refractivity contribution in [2.75, 3.05) is 50.1 Å². The molecule has 0 atom stereocenters. The van der Waals surface area contributed by atoms with Crippen molar-refractivity contribution in [3.05, 3.63) is 35.7 Å². The molecular formula is C18H24F2N6O2S. The van der Waals surface area contributed by atoms with Crippen LogP contribution in [0.15, 0.2) is 23.1 Å². The molecule has 29 heavy (non-hydrogen) atoms. The Hall–Kier alpha value is -2.40. The number of nitrogens with zero attached hydrogens (tertiary/aromatic N) is 6. The SMILES string of the molecule is CC(C)c1nc(N(C)C)nc(N2CCN(S(=O)(=O)c3cc(F)ccc3F)CC2)n1. The molecule has 1 aliphatic heterocycles. The second-order valence-corrected chi connectivity index (χ2v) is 9.21. The Morgan fingerprint density at radius 1 is 1.03 bits per heavy atom. The molecule has 0 amide bonds. The smallest absolute Gasteiger partial charge is 0.246 e. The maximum Gasteiger partial charge on any atom is 0.246 e. The summed E-state index contributed by atoms with van der Waals surface area (Å²) in [6.45, 7) is 4.83. The fourth-order valence-corrected chi connectivity index (χ4v) is 4.41. The molecule has 0 bridgehead atoms. The van der Waals surface area contributed by atoms with Gasteiger partial charge in [-0.3, -0.25) is 0 Å². The molecule has 1 aromatic carbocycles. The zero-order valence-corrected chi connectivity index (χ0v) is 17.6. The van der Waals surface area contributed by atoms with E-state index in [-0.39, 0.29) is 19.0 Å². The number of hydrogen-bond donors (Lipinski definition) is 0. The predicted molar refractivity (Wildman–Crippen MR) is 106 cm³/mol. The van der Waals surface area contributed by atoms with E-state index >= 15 is 0 Å². The summed E-state index contributed by atoms with van der Waals surface area (Å²) >= 11 is 0. The first kappa shape index (κ1) is 21.3. The molecule has 0 N–H and O–H groups in total. The van der Waals surface area contributed by atoms with E-state index in [0.29, 0.717) is 36.9 Å². The van der Waals surface area contributed by atoms with Gasteiger partial charge in [-0.2, -0.15) is 19.3 Å². The molecule has 0 unspecified atom stereocenters. The lowest BCUT2D eigenvalue weighted by molar-refractivity contribution is 0.379. The lowest BCUT2D eigenvalue weighted by Crippen LogP contribution is -2.49. The minimum absolute atomic E-state index is 0.105. The molecule has 0 aliphatic carbocycles. The molecule has 1 aliphatic rings. The van der Waals surface area contributed by atoms with Gasteiger partial charge in [0.2, 0.25) is 21.9 Å². The second-order valence-electron chi connectivity index (χ2n) is 7.31. The van der Waals surface area contributed by atoms with Crippen LogP contribution >= 0.6 is 0 Å². The molecule has 1 saturated heterocycles. The van der Waals surface area contributed by atoms with Gasteiger partial charge in [0, 0.05) is 46.2 Å². The lowest BCUT2D eigenvalue weighted by atomic mass is 10.2. The van der Waals surface area contributed by atoms with E-state index in [1.54, 1.807) is 4.90 Å². The number of rotatable bonds is 5. The summed E-state index contributed by atoms with van der Waals surface area (Å²) in [5.74, 6) is -0.0182. The molecule has 3 rings (SSSR count). The van der Waals surface area contributed by atoms with E-state index in [9.17, 15) is 17.2 Å². The highest BCUT2D eigenvalue weighted by molar-refractivity contribution is 7.89. The first-order valence-corrected chi connectivity index (χ1v) is 10.7. The number of halogens is 2. The third kappa shape index (κ3) is 4.45. The van der Waals surface area contributed by atoms with Crippen LogP contribution in [-0.2, 0) is 10.0 Å². The van der Waals surface area contributed by atoms with Gasteiger partial charge in [0.1, 0.15) is 22.4 Å². The highest BCUT2D eigenvalue weighted by Gasteiger charge is 2.32. The summed E-state index contributed by atoms with van der Waals surface area (Å²) in [5, 5.41) is 0. The zero-order chi connectivity index (χ0) is 21.3. The number of sulfonamides is 1. The Kier molecular flexibility index (Phi) is 5.99. The van der Waals surface area contributed by atoms with Crippen molar-refractivity contribution in [1.82, 2.24) is 19.3 Å². The number of anilines is 2. The Labute approximate surface area is 169 Å². The van der Waals surface area contributed by atoms with Crippen molar-refractivity contribution in [2.45, 2.75) is 24.7 Å². The molecule has 0 spiro atoms. The van der Waals surface area contributed by atoms with E-state index in [1.165, 1.54) is 0 Å². The first-order valence-electron chi connectivity index (χ1n) is 9.23. The van der Waals surface area contributed by atoms with Crippen molar-refractivity contribution in [3.8, 4) is 0 Å². The zero-order valence-electron chi connectivity index (χ0n) is 16.8. The highest BCUT2D eigenvalue weighted by Crippen LogP contribution is 2.24. The summed E-state index contributed by atoms with van der Waals surface area (Å²) in [5.41, 5.74) is 0. The van der Waals surface area contributed by atoms with Crippen molar-refractivity contribution in [3.63, 3.8) is 0 Å². The average molecular weight is 426 g/mol. The molecule has 11 heteroatoms. The lowest BCUT2D eigenvalue weighted by Gasteiger charge is -2.34. The molecule has 8 nitrogen and oxygen atoms in total. The van der Waals surface area contributed by atoms with Crippen LogP contribution in [0.2, 0.25) is 0 Å². The summed E-state index contributed by atoms with van der Waals surface area (Å²) < 4.78 is 54.1. The average Bonchev–Trinajstić information content (AvgIpc) is 2.69. The van der Waals surface area contributed by atoms with Crippen molar-refractivity contribution < 1.29 is 17.2 Å². The Balaban J connectivity index is 1.81. The van der Waals surface area contributed by atoms with Crippen molar-refractivity contribution in [2.24, 2.45) is 0 Å². The van der Waals surface area contributed by atoms with Gasteiger partial charge in [-0.15, -0.1) is 0 Å². The van der Waals surface area contributed by atoms with Gasteiger partial charge in [0.05, 0.1) is 0 Å². The molecule has 0 saturated carbocycles. The van der Waals surface area contributed by atoms with Crippen LogP contribution < -0.4 is 9.80 Å². The van der Waals surface area contributed by atoms with Gasteiger partial charge < -0.3 is 9.80 Å². The van der Waals surface area contributed by atoms with E-state index in [1.807, 2.05) is 32.8 Å². The van der Waals surface area contributed by atoms with Gasteiger partial charge in [0.25, 0.3) is 0 Å². The molecule has 2 heterocycles. The summed E-state index contributed by atoms with van der Waals surface area (Å²) in [6.07, 6.45) is 0. The number of piperazine rings is 1. The molecule has 1 fully saturated rings. The Morgan fingerprint density at radius 2 is 1.69 bits per heavy atom. The Morgan fingerprint density at radius 3 is 2.28 bits per heavy atom. The van der Waals surface area contributed by atoms with E-state index in [4.69, 9.17) is 0 Å². The fourth-order valence-electron chi connectivity index (χ4n) is 2.91. The fraction of sp³-hybridized carbons (Fsp3) is 0.500. The van der Waals surface area contributed by atoms with E-state index in [2.05, 4.69) is 15.0 Å². The van der Waals surface area contributed by atoms with Gasteiger partial charge >= 0.3 is 0 Å². The van der Waals surface area contributed by atoms with Crippen LogP contribution in [-0.4, -0.2) is 67.9 Å². The second kappa shape index (κ2) is 8.15. The summed E-state index contributed by atoms with van der Waals surface area (Å²) in [6, 6.07) is 2.42. The van der Waals surface area contributed by atoms with Crippen LogP contribution in [0.5, 0.6) is 0 Å². The monoisotopic (exact) mass is 426 g/mol. The third-order valence-electron chi connectivity index (χ3n) is 4.58. The van der Waals surface area contributed by atoms with E-state index in [0.717, 1.165) is 16.4 Å². The third-order valence-corrected chi connectivity index (χ3v) is 6.49. The van der Waals surface area contributed by atoms with Crippen LogP contribution in [0.1, 0.15) is 25.6 Å². The minimum atomic E-state index is -4.13. The number of benzene rings is 1. The van der Waals surface area contributed by atoms with Gasteiger partial charge in [-0.25, -0.2) is 17.2 Å². The maximum absolute atomic E-state index is 14.0. The molecule has 0 radical (unpaired) electrons. The number of hydrogen-bond acceptors (Lipinski definition) is 7. The molecule has 1 aromatic heterocycles. The van der Waals surface area contributed by atoms with Crippen LogP contribution in [0, 0.1) is 11.6 Å². The van der Waals surface area contributed by atoms with E-state index < -0.39 is 26.6 Å². The van der Waals surface area contributed by atoms with Gasteiger partial charge in [0.15, 0.2) is 0 Å². The number of aromatic nitrogens is 3. The quantitative estimate of drug-likeness (QED) is 0.722. The standard InChI is InChI=1S/C18H24F2N6O2S/c1-12(2)16-21-17(24(3)4)23-18(22-16)25-7-9-26(10-8-25)29(27,28)15-11-13(19)5-6-14(15)20/h5-6,11-12H,7-10H2,1-4H3. The normalized spacial score (nSPS) is 15.8. The first-order chi connectivity index (χ1) is 13.6. The van der Waals surface area contributed by atoms with Gasteiger partial charge in [-0.05, 0) is 18.2 Å².